The van der Waals surface area contributed by atoms with Crippen molar-refractivity contribution in [1.29, 1.82) is 0 Å². The van der Waals surface area contributed by atoms with Crippen molar-refractivity contribution >= 4 is 17.6 Å². The Balaban J connectivity index is 1.70. The summed E-state index contributed by atoms with van der Waals surface area (Å²) in [6.07, 6.45) is 1.94. The molecule has 0 spiro atoms. The predicted octanol–water partition coefficient (Wildman–Crippen LogP) is 1.77. The number of nitrogens with one attached hydrogen (secondary N) is 3. The van der Waals surface area contributed by atoms with Crippen molar-refractivity contribution in [2.75, 3.05) is 18.5 Å². The van der Waals surface area contributed by atoms with Crippen molar-refractivity contribution in [2.24, 2.45) is 0 Å². The second kappa shape index (κ2) is 10.1. The maximum absolute atomic E-state index is 12.8. The lowest BCUT2D eigenvalue weighted by molar-refractivity contribution is -0.128. The second-order valence-corrected chi connectivity index (χ2v) is 6.26. The van der Waals surface area contributed by atoms with Gasteiger partial charge in [-0.25, -0.2) is 9.18 Å². The Morgan fingerprint density at radius 1 is 1.27 bits per heavy atom. The number of aliphatic hydroxyl groups is 1. The molecule has 8 heteroatoms. The lowest BCUT2D eigenvalue weighted by atomic mass is 9.97. The van der Waals surface area contributed by atoms with E-state index in [0.29, 0.717) is 25.1 Å². The Labute approximate surface area is 152 Å². The number of aliphatic hydroxyl groups excluding tert-OH is 1. The highest BCUT2D eigenvalue weighted by Crippen LogP contribution is 2.21. The lowest BCUT2D eigenvalue weighted by Gasteiger charge is -2.36. The summed E-state index contributed by atoms with van der Waals surface area (Å²) < 4.78 is 18.7. The molecular formula is C18H26FN3O4. The first-order valence-corrected chi connectivity index (χ1v) is 8.88. The molecule has 0 aromatic heterocycles. The van der Waals surface area contributed by atoms with Crippen LogP contribution in [0.2, 0.25) is 0 Å². The van der Waals surface area contributed by atoms with Gasteiger partial charge in [0.05, 0.1) is 18.8 Å². The van der Waals surface area contributed by atoms with E-state index in [1.165, 1.54) is 24.3 Å². The van der Waals surface area contributed by atoms with Crippen LogP contribution in [0.1, 0.15) is 32.6 Å². The van der Waals surface area contributed by atoms with Crippen LogP contribution in [0.5, 0.6) is 0 Å². The first-order valence-electron chi connectivity index (χ1n) is 8.88. The van der Waals surface area contributed by atoms with E-state index >= 15 is 0 Å². The summed E-state index contributed by atoms with van der Waals surface area (Å²) in [5.74, 6) is -0.424. The number of anilines is 1. The average molecular weight is 367 g/mol. The minimum Gasteiger partial charge on any atom is -0.394 e. The molecule has 2 rings (SSSR count). The normalized spacial score (nSPS) is 22.5. The molecule has 1 aliphatic heterocycles. The number of urea groups is 1. The molecule has 0 aliphatic carbocycles. The predicted molar refractivity (Wildman–Crippen MR) is 95.2 cm³/mol. The van der Waals surface area contributed by atoms with Gasteiger partial charge in [-0.2, -0.15) is 0 Å². The van der Waals surface area contributed by atoms with Gasteiger partial charge in [0.1, 0.15) is 11.9 Å². The number of hydrogen-bond donors (Lipinski definition) is 4. The first-order chi connectivity index (χ1) is 12.5. The number of rotatable bonds is 7. The third-order valence-electron chi connectivity index (χ3n) is 4.32. The molecule has 1 heterocycles. The monoisotopic (exact) mass is 367 g/mol. The molecular weight excluding hydrogens is 341 g/mol. The third kappa shape index (κ3) is 6.27. The van der Waals surface area contributed by atoms with E-state index in [0.717, 1.165) is 12.8 Å². The van der Waals surface area contributed by atoms with E-state index < -0.39 is 6.10 Å². The Hall–Kier alpha value is -2.19. The van der Waals surface area contributed by atoms with E-state index in [-0.39, 0.29) is 36.5 Å². The Kier molecular flexibility index (Phi) is 7.80. The molecule has 3 amide bonds. The fourth-order valence-electron chi connectivity index (χ4n) is 2.87. The highest BCUT2D eigenvalue weighted by Gasteiger charge is 2.31. The number of halogens is 1. The van der Waals surface area contributed by atoms with Gasteiger partial charge >= 0.3 is 6.03 Å². The van der Waals surface area contributed by atoms with Gasteiger partial charge in [0.15, 0.2) is 0 Å². The zero-order valence-corrected chi connectivity index (χ0v) is 14.8. The minimum atomic E-state index is -0.433. The van der Waals surface area contributed by atoms with E-state index in [1.54, 1.807) is 6.92 Å². The van der Waals surface area contributed by atoms with E-state index in [1.807, 2.05) is 0 Å². The summed E-state index contributed by atoms with van der Waals surface area (Å²) in [6, 6.07) is 4.95. The molecule has 1 aromatic rings. The van der Waals surface area contributed by atoms with Crippen LogP contribution in [-0.4, -0.2) is 48.4 Å². The van der Waals surface area contributed by atoms with Crippen LogP contribution in [0.15, 0.2) is 24.3 Å². The molecule has 1 aliphatic rings. The van der Waals surface area contributed by atoms with Gasteiger partial charge in [-0.15, -0.1) is 0 Å². The van der Waals surface area contributed by atoms with Crippen molar-refractivity contribution in [2.45, 2.75) is 50.9 Å². The van der Waals surface area contributed by atoms with Crippen LogP contribution >= 0.6 is 0 Å². The van der Waals surface area contributed by atoms with Gasteiger partial charge < -0.3 is 25.8 Å². The first kappa shape index (κ1) is 20.1. The topological polar surface area (TPSA) is 99.7 Å². The molecule has 0 unspecified atom stereocenters. The summed E-state index contributed by atoms with van der Waals surface area (Å²) in [6.45, 7) is 2.02. The quantitative estimate of drug-likeness (QED) is 0.590. The van der Waals surface area contributed by atoms with E-state index in [9.17, 15) is 19.1 Å². The third-order valence-corrected chi connectivity index (χ3v) is 4.32. The number of carbonyl (C=O) groups is 2. The number of amides is 3. The van der Waals surface area contributed by atoms with Gasteiger partial charge in [0, 0.05) is 18.7 Å². The van der Waals surface area contributed by atoms with Crippen LogP contribution < -0.4 is 16.0 Å². The van der Waals surface area contributed by atoms with Crippen molar-refractivity contribution in [3.63, 3.8) is 0 Å². The zero-order valence-electron chi connectivity index (χ0n) is 14.8. The van der Waals surface area contributed by atoms with E-state index in [4.69, 9.17) is 4.74 Å². The van der Waals surface area contributed by atoms with Crippen LogP contribution in [0, 0.1) is 5.82 Å². The number of hydrogen-bond acceptors (Lipinski definition) is 4. The summed E-state index contributed by atoms with van der Waals surface area (Å²) in [7, 11) is 0. The molecule has 7 nitrogen and oxygen atoms in total. The van der Waals surface area contributed by atoms with Gasteiger partial charge in [0.2, 0.25) is 5.91 Å². The molecule has 0 radical (unpaired) electrons. The molecule has 0 saturated carbocycles. The fraction of sp³-hybridized carbons (Fsp3) is 0.556. The van der Waals surface area contributed by atoms with Crippen molar-refractivity contribution in [3.8, 4) is 0 Å². The molecule has 1 fully saturated rings. The number of ether oxygens (including phenoxy) is 1. The van der Waals surface area contributed by atoms with Crippen LogP contribution in [0.3, 0.4) is 0 Å². The Morgan fingerprint density at radius 2 is 2.00 bits per heavy atom. The van der Waals surface area contributed by atoms with Crippen molar-refractivity contribution in [1.82, 2.24) is 10.6 Å². The summed E-state index contributed by atoms with van der Waals surface area (Å²) in [5, 5.41) is 17.7. The van der Waals surface area contributed by atoms with Crippen molar-refractivity contribution < 1.29 is 23.8 Å². The van der Waals surface area contributed by atoms with E-state index in [2.05, 4.69) is 16.0 Å². The highest BCUT2D eigenvalue weighted by atomic mass is 19.1. The molecule has 3 atom stereocenters. The lowest BCUT2D eigenvalue weighted by Crippen LogP contribution is -2.51. The molecule has 4 N–H and O–H groups in total. The Bertz CT molecular complexity index is 597. The molecule has 1 aromatic carbocycles. The van der Waals surface area contributed by atoms with Crippen LogP contribution in [-0.2, 0) is 9.53 Å². The standard InChI is InChI=1S/C18H26FN3O4/c1-2-17(24)22-15-8-7-14(26-16(15)11-23)9-10-20-18(25)21-13-5-3-12(19)4-6-13/h3-6,14-16,23H,2,7-11H2,1H3,(H,22,24)(H2,20,21,25)/t14-,15+,16+/m0/s1. The van der Waals surface area contributed by atoms with Crippen LogP contribution in [0.25, 0.3) is 0 Å². The fourth-order valence-corrected chi connectivity index (χ4v) is 2.87. The number of benzene rings is 1. The molecule has 26 heavy (non-hydrogen) atoms. The van der Waals surface area contributed by atoms with Crippen molar-refractivity contribution in [3.05, 3.63) is 30.1 Å². The minimum absolute atomic E-state index is 0.0605. The van der Waals surface area contributed by atoms with Gasteiger partial charge in [0.25, 0.3) is 0 Å². The average Bonchev–Trinajstić information content (AvgIpc) is 2.64. The number of carbonyl (C=O) groups excluding carboxylic acids is 2. The summed E-state index contributed by atoms with van der Waals surface area (Å²) in [5.41, 5.74) is 0.507. The summed E-state index contributed by atoms with van der Waals surface area (Å²) >= 11 is 0. The SMILES string of the molecule is CCC(=O)N[C@@H]1CC[C@@H](CCNC(=O)Nc2ccc(F)cc2)O[C@@H]1CO. The second-order valence-electron chi connectivity index (χ2n) is 6.26. The van der Waals surface area contributed by atoms with Gasteiger partial charge in [-0.3, -0.25) is 4.79 Å². The van der Waals surface area contributed by atoms with Gasteiger partial charge in [-0.1, -0.05) is 6.92 Å². The largest absolute Gasteiger partial charge is 0.394 e. The smallest absolute Gasteiger partial charge is 0.319 e. The molecule has 0 bridgehead atoms. The zero-order chi connectivity index (χ0) is 18.9. The van der Waals surface area contributed by atoms with Gasteiger partial charge in [-0.05, 0) is 43.5 Å². The van der Waals surface area contributed by atoms with Crippen LogP contribution in [0.4, 0.5) is 14.9 Å². The maximum atomic E-state index is 12.8. The molecule has 144 valence electrons. The molecule has 1 saturated heterocycles. The Morgan fingerprint density at radius 3 is 2.65 bits per heavy atom. The maximum Gasteiger partial charge on any atom is 0.319 e. The highest BCUT2D eigenvalue weighted by molar-refractivity contribution is 5.89. The summed E-state index contributed by atoms with van der Waals surface area (Å²) in [4.78, 5) is 23.3.